The van der Waals surface area contributed by atoms with Crippen molar-refractivity contribution >= 4 is 5.69 Å². The molecule has 0 aliphatic carbocycles. The minimum absolute atomic E-state index is 0.0922. The molecule has 1 aliphatic heterocycles. The molecule has 0 radical (unpaired) electrons. The Morgan fingerprint density at radius 1 is 1.36 bits per heavy atom. The number of hydrogen-bond donors (Lipinski definition) is 1. The molecule has 6 heteroatoms. The van der Waals surface area contributed by atoms with Gasteiger partial charge in [-0.05, 0) is 57.8 Å². The Hall–Kier alpha value is -2.39. The van der Waals surface area contributed by atoms with Crippen LogP contribution in [0.4, 0.5) is 10.1 Å². The number of aryl methyl sites for hydroxylation is 2. The molecule has 0 amide bonds. The predicted molar refractivity (Wildman–Crippen MR) is 93.6 cm³/mol. The molecule has 1 N–H and O–H groups in total. The molecule has 3 rings (SSSR count). The summed E-state index contributed by atoms with van der Waals surface area (Å²) in [6.45, 7) is 7.37. The van der Waals surface area contributed by atoms with Crippen LogP contribution in [0.1, 0.15) is 35.7 Å². The largest absolute Gasteiger partial charge is 0.444 e. The van der Waals surface area contributed by atoms with Crippen LogP contribution in [0.2, 0.25) is 0 Å². The fourth-order valence-corrected chi connectivity index (χ4v) is 3.19. The molecule has 5 nitrogen and oxygen atoms in total. The Morgan fingerprint density at radius 2 is 2.12 bits per heavy atom. The van der Waals surface area contributed by atoms with Crippen LogP contribution in [0.5, 0.6) is 0 Å². The molecule has 0 atom stereocenters. The molecule has 0 bridgehead atoms. The first kappa shape index (κ1) is 17.4. The third-order valence-electron chi connectivity index (χ3n) is 4.85. The van der Waals surface area contributed by atoms with Crippen molar-refractivity contribution in [2.24, 2.45) is 5.92 Å². The first-order valence-corrected chi connectivity index (χ1v) is 8.64. The summed E-state index contributed by atoms with van der Waals surface area (Å²) in [5, 5.41) is 12.3. The molecule has 1 aromatic heterocycles. The Balaban J connectivity index is 1.48. The number of oxazole rings is 1. The van der Waals surface area contributed by atoms with Gasteiger partial charge in [0.25, 0.3) is 0 Å². The number of rotatable bonds is 5. The van der Waals surface area contributed by atoms with Crippen molar-refractivity contribution < 1.29 is 8.81 Å². The number of halogens is 1. The van der Waals surface area contributed by atoms with E-state index in [9.17, 15) is 4.39 Å². The Morgan fingerprint density at radius 3 is 2.76 bits per heavy atom. The number of nitrogens with zero attached hydrogens (tertiary/aromatic N) is 3. The second-order valence-electron chi connectivity index (χ2n) is 6.62. The number of likely N-dealkylation sites (tertiary alicyclic amines) is 1. The van der Waals surface area contributed by atoms with Crippen LogP contribution >= 0.6 is 0 Å². The predicted octanol–water partition coefficient (Wildman–Crippen LogP) is 3.63. The van der Waals surface area contributed by atoms with Gasteiger partial charge in [0.05, 0.1) is 17.9 Å². The van der Waals surface area contributed by atoms with E-state index in [2.05, 4.69) is 15.2 Å². The molecule has 0 spiro atoms. The normalized spacial score (nSPS) is 15.9. The average molecular weight is 342 g/mol. The van der Waals surface area contributed by atoms with Crippen molar-refractivity contribution in [3.63, 3.8) is 0 Å². The van der Waals surface area contributed by atoms with Crippen LogP contribution in [0, 0.1) is 36.9 Å². The number of hydrogen-bond acceptors (Lipinski definition) is 5. The molecule has 2 heterocycles. The van der Waals surface area contributed by atoms with Crippen molar-refractivity contribution in [3.8, 4) is 6.07 Å². The highest BCUT2D eigenvalue weighted by molar-refractivity contribution is 5.57. The fourth-order valence-electron chi connectivity index (χ4n) is 3.19. The summed E-state index contributed by atoms with van der Waals surface area (Å²) < 4.78 is 19.3. The number of nitrogens with one attached hydrogen (secondary N) is 1. The summed E-state index contributed by atoms with van der Waals surface area (Å²) in [5.74, 6) is 1.71. The van der Waals surface area contributed by atoms with E-state index < -0.39 is 5.82 Å². The van der Waals surface area contributed by atoms with Gasteiger partial charge in [-0.2, -0.15) is 5.26 Å². The molecular formula is C19H23FN4O. The molecule has 1 fully saturated rings. The zero-order chi connectivity index (χ0) is 17.8. The zero-order valence-corrected chi connectivity index (χ0v) is 14.7. The van der Waals surface area contributed by atoms with E-state index in [1.807, 2.05) is 19.9 Å². The second kappa shape index (κ2) is 7.66. The standard InChI is InChI=1S/C19H23FN4O/c1-13-14(2)25-19(23-13)12-24-8-6-15(7-9-24)11-22-18-5-3-4-17(20)16(18)10-21/h3-5,15,22H,6-9,11-12H2,1-2H3. The molecule has 0 unspecified atom stereocenters. The lowest BCUT2D eigenvalue weighted by molar-refractivity contribution is 0.167. The van der Waals surface area contributed by atoms with E-state index in [1.165, 1.54) is 6.07 Å². The first-order valence-electron chi connectivity index (χ1n) is 8.64. The molecule has 2 aromatic rings. The van der Waals surface area contributed by atoms with Crippen LogP contribution in [-0.4, -0.2) is 29.5 Å². The first-order chi connectivity index (χ1) is 12.1. The van der Waals surface area contributed by atoms with Crippen LogP contribution in [0.15, 0.2) is 22.6 Å². The van der Waals surface area contributed by atoms with Crippen molar-refractivity contribution in [2.45, 2.75) is 33.2 Å². The Labute approximate surface area is 147 Å². The number of anilines is 1. The minimum atomic E-state index is -0.473. The van der Waals surface area contributed by atoms with Crippen molar-refractivity contribution in [2.75, 3.05) is 25.0 Å². The Kier molecular flexibility index (Phi) is 5.34. The maximum Gasteiger partial charge on any atom is 0.208 e. The van der Waals surface area contributed by atoms with Gasteiger partial charge in [0.15, 0.2) is 0 Å². The van der Waals surface area contributed by atoms with E-state index >= 15 is 0 Å². The number of benzene rings is 1. The highest BCUT2D eigenvalue weighted by atomic mass is 19.1. The van der Waals surface area contributed by atoms with Gasteiger partial charge in [0.2, 0.25) is 5.89 Å². The van der Waals surface area contributed by atoms with Gasteiger partial charge in [-0.3, -0.25) is 4.90 Å². The molecule has 1 saturated heterocycles. The van der Waals surface area contributed by atoms with Gasteiger partial charge in [0.1, 0.15) is 23.2 Å². The lowest BCUT2D eigenvalue weighted by atomic mass is 9.96. The van der Waals surface area contributed by atoms with Crippen LogP contribution in [0.25, 0.3) is 0 Å². The highest BCUT2D eigenvalue weighted by Gasteiger charge is 2.21. The maximum atomic E-state index is 13.6. The molecule has 0 saturated carbocycles. The van der Waals surface area contributed by atoms with Crippen molar-refractivity contribution in [1.29, 1.82) is 5.26 Å². The SMILES string of the molecule is Cc1nc(CN2CCC(CNc3cccc(F)c3C#N)CC2)oc1C. The maximum absolute atomic E-state index is 13.6. The topological polar surface area (TPSA) is 65.1 Å². The number of piperidine rings is 1. The average Bonchev–Trinajstić information content (AvgIpc) is 2.92. The smallest absolute Gasteiger partial charge is 0.208 e. The van der Waals surface area contributed by atoms with Gasteiger partial charge in [-0.1, -0.05) is 6.07 Å². The second-order valence-corrected chi connectivity index (χ2v) is 6.62. The van der Waals surface area contributed by atoms with Gasteiger partial charge in [0, 0.05) is 6.54 Å². The van der Waals surface area contributed by atoms with E-state index in [4.69, 9.17) is 9.68 Å². The van der Waals surface area contributed by atoms with Crippen molar-refractivity contribution in [3.05, 3.63) is 46.9 Å². The van der Waals surface area contributed by atoms with Crippen LogP contribution in [-0.2, 0) is 6.54 Å². The van der Waals surface area contributed by atoms with E-state index in [0.717, 1.165) is 56.4 Å². The quantitative estimate of drug-likeness (QED) is 0.899. The number of aromatic nitrogens is 1. The zero-order valence-electron chi connectivity index (χ0n) is 14.7. The molecule has 25 heavy (non-hydrogen) atoms. The summed E-state index contributed by atoms with van der Waals surface area (Å²) in [6, 6.07) is 6.62. The van der Waals surface area contributed by atoms with Gasteiger partial charge in [-0.25, -0.2) is 9.37 Å². The van der Waals surface area contributed by atoms with Gasteiger partial charge < -0.3 is 9.73 Å². The minimum Gasteiger partial charge on any atom is -0.444 e. The van der Waals surface area contributed by atoms with E-state index in [0.29, 0.717) is 11.6 Å². The van der Waals surface area contributed by atoms with Crippen LogP contribution < -0.4 is 5.32 Å². The summed E-state index contributed by atoms with van der Waals surface area (Å²) >= 11 is 0. The summed E-state index contributed by atoms with van der Waals surface area (Å²) in [4.78, 5) is 6.79. The molecule has 1 aliphatic rings. The van der Waals surface area contributed by atoms with E-state index in [-0.39, 0.29) is 5.56 Å². The highest BCUT2D eigenvalue weighted by Crippen LogP contribution is 2.22. The summed E-state index contributed by atoms with van der Waals surface area (Å²) in [5.41, 5.74) is 1.63. The van der Waals surface area contributed by atoms with E-state index in [1.54, 1.807) is 12.1 Å². The summed E-state index contributed by atoms with van der Waals surface area (Å²) in [7, 11) is 0. The Bertz CT molecular complexity index is 753. The third-order valence-corrected chi connectivity index (χ3v) is 4.85. The fraction of sp³-hybridized carbons (Fsp3) is 0.474. The van der Waals surface area contributed by atoms with Gasteiger partial charge >= 0.3 is 0 Å². The van der Waals surface area contributed by atoms with Crippen LogP contribution in [0.3, 0.4) is 0 Å². The summed E-state index contributed by atoms with van der Waals surface area (Å²) in [6.07, 6.45) is 2.12. The lowest BCUT2D eigenvalue weighted by Gasteiger charge is -2.31. The van der Waals surface area contributed by atoms with Crippen molar-refractivity contribution in [1.82, 2.24) is 9.88 Å². The lowest BCUT2D eigenvalue weighted by Crippen LogP contribution is -2.35. The monoisotopic (exact) mass is 342 g/mol. The third kappa shape index (κ3) is 4.18. The number of nitriles is 1. The molecule has 1 aromatic carbocycles. The molecular weight excluding hydrogens is 319 g/mol. The van der Waals surface area contributed by atoms with Gasteiger partial charge in [-0.15, -0.1) is 0 Å². The molecule has 132 valence electrons.